The van der Waals surface area contributed by atoms with Crippen LogP contribution >= 0.6 is 0 Å². The summed E-state index contributed by atoms with van der Waals surface area (Å²) in [5.74, 6) is 0.732. The van der Waals surface area contributed by atoms with Crippen LogP contribution in [0.25, 0.3) is 0 Å². The van der Waals surface area contributed by atoms with Crippen molar-refractivity contribution < 1.29 is 13.6 Å². The maximum Gasteiger partial charge on any atom is 0.239 e. The van der Waals surface area contributed by atoms with Crippen molar-refractivity contribution in [1.29, 1.82) is 0 Å². The summed E-state index contributed by atoms with van der Waals surface area (Å²) in [6.07, 6.45) is 2.63. The zero-order chi connectivity index (χ0) is 18.0. The lowest BCUT2D eigenvalue weighted by Gasteiger charge is -2.27. The molecule has 2 unspecified atom stereocenters. The summed E-state index contributed by atoms with van der Waals surface area (Å²) < 4.78 is 18.7. The average Bonchev–Trinajstić information content (AvgIpc) is 3.19. The number of oxazole rings is 1. The number of hydrogen-bond acceptors (Lipinski definition) is 5. The third-order valence-corrected chi connectivity index (χ3v) is 4.69. The maximum absolute atomic E-state index is 13.2. The van der Waals surface area contributed by atoms with E-state index in [9.17, 15) is 9.18 Å². The zero-order valence-electron chi connectivity index (χ0n) is 14.5. The molecule has 1 saturated heterocycles. The van der Waals surface area contributed by atoms with Crippen LogP contribution in [-0.2, 0) is 11.3 Å². The van der Waals surface area contributed by atoms with Gasteiger partial charge in [-0.1, -0.05) is 12.1 Å². The number of rotatable bonds is 6. The molecule has 1 aliphatic heterocycles. The van der Waals surface area contributed by atoms with Crippen molar-refractivity contribution >= 4 is 5.91 Å². The molecule has 0 spiro atoms. The van der Waals surface area contributed by atoms with Gasteiger partial charge in [-0.05, 0) is 38.1 Å². The Morgan fingerprint density at radius 2 is 2.20 bits per heavy atom. The number of carbonyl (C=O) groups is 1. The largest absolute Gasteiger partial charge is 0.445 e. The van der Waals surface area contributed by atoms with E-state index in [1.54, 1.807) is 18.3 Å². The molecule has 6 nitrogen and oxygen atoms in total. The number of primary amides is 1. The topological polar surface area (TPSA) is 75.6 Å². The van der Waals surface area contributed by atoms with Crippen LogP contribution in [0, 0.1) is 12.7 Å². The van der Waals surface area contributed by atoms with Crippen molar-refractivity contribution in [3.05, 3.63) is 53.5 Å². The number of likely N-dealkylation sites (N-methyl/N-ethyl adjacent to an activating group) is 1. The molecule has 1 amide bonds. The molecule has 0 saturated carbocycles. The van der Waals surface area contributed by atoms with E-state index < -0.39 is 11.9 Å². The Hall–Kier alpha value is -2.25. The lowest BCUT2D eigenvalue weighted by molar-refractivity contribution is -0.123. The van der Waals surface area contributed by atoms with E-state index in [0.717, 1.165) is 24.3 Å². The molecule has 1 aromatic heterocycles. The van der Waals surface area contributed by atoms with Crippen LogP contribution in [0.5, 0.6) is 0 Å². The molecule has 2 heterocycles. The number of aromatic nitrogens is 1. The number of halogens is 1. The molecule has 7 heteroatoms. The SMILES string of the molecule is Cc1cnc(CN(C)C2CCN(C(C(N)=O)c3ccc(F)cc3)C2)o1. The summed E-state index contributed by atoms with van der Waals surface area (Å²) in [6.45, 7) is 3.95. The highest BCUT2D eigenvalue weighted by Gasteiger charge is 2.34. The number of amides is 1. The van der Waals surface area contributed by atoms with Gasteiger partial charge in [0, 0.05) is 19.1 Å². The lowest BCUT2D eigenvalue weighted by Crippen LogP contribution is -2.39. The third-order valence-electron chi connectivity index (χ3n) is 4.69. The molecule has 2 atom stereocenters. The minimum atomic E-state index is -0.539. The lowest BCUT2D eigenvalue weighted by atomic mass is 10.1. The van der Waals surface area contributed by atoms with Crippen molar-refractivity contribution in [3.63, 3.8) is 0 Å². The van der Waals surface area contributed by atoms with Crippen LogP contribution in [-0.4, -0.2) is 46.9 Å². The van der Waals surface area contributed by atoms with E-state index in [2.05, 4.69) is 14.8 Å². The van der Waals surface area contributed by atoms with E-state index in [-0.39, 0.29) is 11.9 Å². The van der Waals surface area contributed by atoms with E-state index in [0.29, 0.717) is 19.0 Å². The van der Waals surface area contributed by atoms with Gasteiger partial charge in [-0.25, -0.2) is 9.37 Å². The van der Waals surface area contributed by atoms with Gasteiger partial charge in [-0.3, -0.25) is 14.6 Å². The van der Waals surface area contributed by atoms with Crippen molar-refractivity contribution in [2.75, 3.05) is 20.1 Å². The molecule has 0 bridgehead atoms. The molecule has 1 aromatic carbocycles. The Labute approximate surface area is 146 Å². The smallest absolute Gasteiger partial charge is 0.239 e. The first kappa shape index (κ1) is 17.6. The summed E-state index contributed by atoms with van der Waals surface area (Å²) in [6, 6.07) is 5.69. The van der Waals surface area contributed by atoms with Gasteiger partial charge in [0.15, 0.2) is 0 Å². The molecule has 2 N–H and O–H groups in total. The minimum absolute atomic E-state index is 0.273. The second-order valence-electron chi connectivity index (χ2n) is 6.57. The predicted octanol–water partition coefficient (Wildman–Crippen LogP) is 1.85. The summed E-state index contributed by atoms with van der Waals surface area (Å²) in [5.41, 5.74) is 6.34. The first-order valence-electron chi connectivity index (χ1n) is 8.34. The average molecular weight is 346 g/mol. The van der Waals surface area contributed by atoms with Gasteiger partial charge in [0.1, 0.15) is 17.6 Å². The van der Waals surface area contributed by atoms with Gasteiger partial charge < -0.3 is 10.2 Å². The van der Waals surface area contributed by atoms with Crippen LogP contribution in [0.3, 0.4) is 0 Å². The molecular weight excluding hydrogens is 323 g/mol. The Morgan fingerprint density at radius 1 is 1.48 bits per heavy atom. The molecule has 3 rings (SSSR count). The number of aryl methyl sites for hydroxylation is 1. The monoisotopic (exact) mass is 346 g/mol. The summed E-state index contributed by atoms with van der Waals surface area (Å²) in [5, 5.41) is 0. The Bertz CT molecular complexity index is 731. The Kier molecular flexibility index (Phi) is 5.15. The first-order chi connectivity index (χ1) is 11.9. The van der Waals surface area contributed by atoms with Gasteiger partial charge in [0.25, 0.3) is 0 Å². The molecule has 1 aliphatic rings. The fourth-order valence-corrected chi connectivity index (χ4v) is 3.38. The van der Waals surface area contributed by atoms with E-state index in [4.69, 9.17) is 10.2 Å². The predicted molar refractivity (Wildman–Crippen MR) is 91.0 cm³/mol. The van der Waals surface area contributed by atoms with Gasteiger partial charge in [0.2, 0.25) is 11.8 Å². The maximum atomic E-state index is 13.2. The second-order valence-corrected chi connectivity index (χ2v) is 6.57. The van der Waals surface area contributed by atoms with Crippen molar-refractivity contribution in [3.8, 4) is 0 Å². The summed E-state index contributed by atoms with van der Waals surface area (Å²) in [4.78, 5) is 20.5. The number of likely N-dealkylation sites (tertiary alicyclic amines) is 1. The number of nitrogens with two attached hydrogens (primary N) is 1. The number of carbonyl (C=O) groups excluding carboxylic acids is 1. The van der Waals surface area contributed by atoms with Gasteiger partial charge in [-0.15, -0.1) is 0 Å². The molecule has 2 aromatic rings. The second kappa shape index (κ2) is 7.33. The zero-order valence-corrected chi connectivity index (χ0v) is 14.5. The highest BCUT2D eigenvalue weighted by molar-refractivity contribution is 5.81. The van der Waals surface area contributed by atoms with Gasteiger partial charge in [-0.2, -0.15) is 0 Å². The molecule has 25 heavy (non-hydrogen) atoms. The van der Waals surface area contributed by atoms with Crippen LogP contribution < -0.4 is 5.73 Å². The van der Waals surface area contributed by atoms with Crippen LogP contribution in [0.15, 0.2) is 34.9 Å². The first-order valence-corrected chi connectivity index (χ1v) is 8.34. The minimum Gasteiger partial charge on any atom is -0.445 e. The van der Waals surface area contributed by atoms with Crippen LogP contribution in [0.4, 0.5) is 4.39 Å². The van der Waals surface area contributed by atoms with Crippen molar-refractivity contribution in [2.45, 2.75) is 32.0 Å². The molecule has 134 valence electrons. The van der Waals surface area contributed by atoms with Crippen LogP contribution in [0.2, 0.25) is 0 Å². The molecule has 0 aliphatic carbocycles. The van der Waals surface area contributed by atoms with E-state index in [1.807, 2.05) is 14.0 Å². The number of nitrogens with zero attached hydrogens (tertiary/aromatic N) is 3. The van der Waals surface area contributed by atoms with Crippen molar-refractivity contribution in [2.24, 2.45) is 5.73 Å². The Balaban J connectivity index is 1.67. The van der Waals surface area contributed by atoms with Crippen molar-refractivity contribution in [1.82, 2.24) is 14.8 Å². The summed E-state index contributed by atoms with van der Waals surface area (Å²) in [7, 11) is 2.02. The normalized spacial score (nSPS) is 19.4. The molecular formula is C18H23FN4O2. The highest BCUT2D eigenvalue weighted by atomic mass is 19.1. The van der Waals surface area contributed by atoms with Crippen LogP contribution in [0.1, 0.15) is 29.7 Å². The summed E-state index contributed by atoms with van der Waals surface area (Å²) >= 11 is 0. The van der Waals surface area contributed by atoms with E-state index in [1.165, 1.54) is 12.1 Å². The molecule has 1 fully saturated rings. The van der Waals surface area contributed by atoms with Gasteiger partial charge >= 0.3 is 0 Å². The fourth-order valence-electron chi connectivity index (χ4n) is 3.38. The third kappa shape index (κ3) is 4.05. The molecule has 0 radical (unpaired) electrons. The Morgan fingerprint density at radius 3 is 2.80 bits per heavy atom. The number of hydrogen-bond donors (Lipinski definition) is 1. The quantitative estimate of drug-likeness (QED) is 0.864. The van der Waals surface area contributed by atoms with Gasteiger partial charge in [0.05, 0.1) is 12.7 Å². The number of benzene rings is 1. The standard InChI is InChI=1S/C18H23FN4O2/c1-12-9-21-16(25-12)11-22(2)15-7-8-23(10-15)17(18(20)24)13-3-5-14(19)6-4-13/h3-6,9,15,17H,7-8,10-11H2,1-2H3,(H2,20,24). The highest BCUT2D eigenvalue weighted by Crippen LogP contribution is 2.27. The fraction of sp³-hybridized carbons (Fsp3) is 0.444. The van der Waals surface area contributed by atoms with E-state index >= 15 is 0 Å².